The Labute approximate surface area is 103 Å². The standard InChI is InChI=1S/C14H21NO2/c1-3-7-15(8-4-2)13-10-17-14-9-11(16)5-6-12(13)14/h5-6,9,13,16H,3-4,7-8,10H2,1-2H3. The lowest BCUT2D eigenvalue weighted by Gasteiger charge is -2.27. The fourth-order valence-corrected chi connectivity index (χ4v) is 2.48. The Bertz CT molecular complexity index is 372. The number of ether oxygens (including phenoxy) is 1. The monoisotopic (exact) mass is 235 g/mol. The van der Waals surface area contributed by atoms with Crippen molar-refractivity contribution >= 4 is 0 Å². The normalized spacial score (nSPS) is 18.2. The number of nitrogens with zero attached hydrogens (tertiary/aromatic N) is 1. The molecule has 1 atom stereocenters. The number of phenolic OH excluding ortho intramolecular Hbond substituents is 1. The van der Waals surface area contributed by atoms with Crippen LogP contribution in [-0.2, 0) is 0 Å². The molecule has 0 spiro atoms. The molecule has 0 aliphatic carbocycles. The molecule has 1 aliphatic heterocycles. The van der Waals surface area contributed by atoms with Crippen LogP contribution in [-0.4, -0.2) is 29.7 Å². The van der Waals surface area contributed by atoms with Crippen molar-refractivity contribution in [3.05, 3.63) is 23.8 Å². The first-order chi connectivity index (χ1) is 8.26. The predicted octanol–water partition coefficient (Wildman–Crippen LogP) is 2.95. The molecule has 94 valence electrons. The number of benzene rings is 1. The van der Waals surface area contributed by atoms with Crippen LogP contribution in [0.25, 0.3) is 0 Å². The lowest BCUT2D eigenvalue weighted by molar-refractivity contribution is 0.163. The zero-order valence-corrected chi connectivity index (χ0v) is 10.6. The molecule has 0 fully saturated rings. The van der Waals surface area contributed by atoms with Crippen LogP contribution in [0.3, 0.4) is 0 Å². The lowest BCUT2D eigenvalue weighted by atomic mass is 10.1. The Morgan fingerprint density at radius 1 is 1.29 bits per heavy atom. The molecule has 0 aromatic heterocycles. The quantitative estimate of drug-likeness (QED) is 0.851. The number of aromatic hydroxyl groups is 1. The third-order valence-electron chi connectivity index (χ3n) is 3.22. The lowest BCUT2D eigenvalue weighted by Crippen LogP contribution is -2.31. The van der Waals surface area contributed by atoms with Crippen LogP contribution in [0.15, 0.2) is 18.2 Å². The molecule has 0 saturated carbocycles. The first kappa shape index (κ1) is 12.2. The molecular weight excluding hydrogens is 214 g/mol. The minimum Gasteiger partial charge on any atom is -0.508 e. The van der Waals surface area contributed by atoms with E-state index in [-0.39, 0.29) is 5.75 Å². The van der Waals surface area contributed by atoms with Crippen molar-refractivity contribution < 1.29 is 9.84 Å². The molecule has 3 heteroatoms. The van der Waals surface area contributed by atoms with Crippen molar-refractivity contribution in [2.45, 2.75) is 32.7 Å². The van der Waals surface area contributed by atoms with Crippen LogP contribution in [0.1, 0.15) is 38.3 Å². The maximum absolute atomic E-state index is 9.43. The topological polar surface area (TPSA) is 32.7 Å². The fraction of sp³-hybridized carbons (Fsp3) is 0.571. The number of phenols is 1. The van der Waals surface area contributed by atoms with E-state index < -0.39 is 0 Å². The van der Waals surface area contributed by atoms with E-state index in [1.165, 1.54) is 5.56 Å². The molecule has 1 aromatic carbocycles. The van der Waals surface area contributed by atoms with E-state index in [1.807, 2.05) is 6.07 Å². The average Bonchev–Trinajstić information content (AvgIpc) is 2.71. The summed E-state index contributed by atoms with van der Waals surface area (Å²) in [5, 5.41) is 9.43. The van der Waals surface area contributed by atoms with Crippen molar-refractivity contribution in [2.75, 3.05) is 19.7 Å². The van der Waals surface area contributed by atoms with Gasteiger partial charge >= 0.3 is 0 Å². The van der Waals surface area contributed by atoms with Gasteiger partial charge in [0, 0.05) is 11.6 Å². The molecule has 1 N–H and O–H groups in total. The van der Waals surface area contributed by atoms with Crippen LogP contribution in [0, 0.1) is 0 Å². The summed E-state index contributed by atoms with van der Waals surface area (Å²) in [6.45, 7) is 7.32. The summed E-state index contributed by atoms with van der Waals surface area (Å²) in [6, 6.07) is 5.80. The summed E-state index contributed by atoms with van der Waals surface area (Å²) in [5.41, 5.74) is 1.21. The Balaban J connectivity index is 2.19. The highest BCUT2D eigenvalue weighted by molar-refractivity contribution is 5.44. The third-order valence-corrected chi connectivity index (χ3v) is 3.22. The average molecular weight is 235 g/mol. The molecule has 3 nitrogen and oxygen atoms in total. The van der Waals surface area contributed by atoms with Crippen molar-refractivity contribution in [1.82, 2.24) is 4.90 Å². The van der Waals surface area contributed by atoms with E-state index in [9.17, 15) is 5.11 Å². The first-order valence-corrected chi connectivity index (χ1v) is 6.46. The summed E-state index contributed by atoms with van der Waals surface area (Å²) in [6.07, 6.45) is 2.31. The molecule has 2 rings (SSSR count). The van der Waals surface area contributed by atoms with E-state index >= 15 is 0 Å². The van der Waals surface area contributed by atoms with Gasteiger partial charge in [0.2, 0.25) is 0 Å². The zero-order chi connectivity index (χ0) is 12.3. The van der Waals surface area contributed by atoms with Gasteiger partial charge in [-0.05, 0) is 38.1 Å². The van der Waals surface area contributed by atoms with Gasteiger partial charge in [-0.3, -0.25) is 4.90 Å². The molecule has 0 radical (unpaired) electrons. The number of hydrogen-bond acceptors (Lipinski definition) is 3. The summed E-state index contributed by atoms with van der Waals surface area (Å²) in [4.78, 5) is 2.48. The zero-order valence-electron chi connectivity index (χ0n) is 10.6. The summed E-state index contributed by atoms with van der Waals surface area (Å²) >= 11 is 0. The van der Waals surface area contributed by atoms with Gasteiger partial charge in [-0.1, -0.05) is 13.8 Å². The van der Waals surface area contributed by atoms with Gasteiger partial charge in [-0.25, -0.2) is 0 Å². The first-order valence-electron chi connectivity index (χ1n) is 6.46. The fourth-order valence-electron chi connectivity index (χ4n) is 2.48. The SMILES string of the molecule is CCCN(CCC)C1COc2cc(O)ccc21. The highest BCUT2D eigenvalue weighted by Gasteiger charge is 2.28. The van der Waals surface area contributed by atoms with E-state index in [4.69, 9.17) is 4.74 Å². The summed E-state index contributed by atoms with van der Waals surface area (Å²) in [7, 11) is 0. The second kappa shape index (κ2) is 5.41. The highest BCUT2D eigenvalue weighted by Crippen LogP contribution is 2.38. The van der Waals surface area contributed by atoms with E-state index in [1.54, 1.807) is 12.1 Å². The second-order valence-electron chi connectivity index (χ2n) is 4.58. The third kappa shape index (κ3) is 2.55. The smallest absolute Gasteiger partial charge is 0.127 e. The highest BCUT2D eigenvalue weighted by atomic mass is 16.5. The molecule has 0 bridgehead atoms. The van der Waals surface area contributed by atoms with Crippen LogP contribution in [0.5, 0.6) is 11.5 Å². The molecule has 1 aromatic rings. The Hall–Kier alpha value is -1.22. The van der Waals surface area contributed by atoms with Gasteiger partial charge in [0.1, 0.15) is 18.1 Å². The Morgan fingerprint density at radius 3 is 2.65 bits per heavy atom. The van der Waals surface area contributed by atoms with Gasteiger partial charge < -0.3 is 9.84 Å². The summed E-state index contributed by atoms with van der Waals surface area (Å²) < 4.78 is 5.66. The number of rotatable bonds is 5. The maximum Gasteiger partial charge on any atom is 0.127 e. The summed E-state index contributed by atoms with van der Waals surface area (Å²) in [5.74, 6) is 1.12. The van der Waals surface area contributed by atoms with Crippen molar-refractivity contribution in [3.8, 4) is 11.5 Å². The van der Waals surface area contributed by atoms with Gasteiger partial charge in [0.15, 0.2) is 0 Å². The van der Waals surface area contributed by atoms with Gasteiger partial charge in [-0.15, -0.1) is 0 Å². The molecule has 17 heavy (non-hydrogen) atoms. The number of fused-ring (bicyclic) bond motifs is 1. The Kier molecular flexibility index (Phi) is 3.89. The molecular formula is C14H21NO2. The minimum absolute atomic E-state index is 0.280. The maximum atomic E-state index is 9.43. The molecule has 1 heterocycles. The molecule has 0 amide bonds. The van der Waals surface area contributed by atoms with Crippen molar-refractivity contribution in [2.24, 2.45) is 0 Å². The van der Waals surface area contributed by atoms with E-state index in [0.717, 1.165) is 31.7 Å². The minimum atomic E-state index is 0.280. The largest absolute Gasteiger partial charge is 0.508 e. The van der Waals surface area contributed by atoms with Crippen LogP contribution in [0.2, 0.25) is 0 Å². The molecule has 0 saturated heterocycles. The number of hydrogen-bond donors (Lipinski definition) is 1. The molecule has 1 unspecified atom stereocenters. The Morgan fingerprint density at radius 2 is 2.00 bits per heavy atom. The molecule has 1 aliphatic rings. The predicted molar refractivity (Wildman–Crippen MR) is 68.5 cm³/mol. The van der Waals surface area contributed by atoms with Crippen LogP contribution < -0.4 is 4.74 Å². The van der Waals surface area contributed by atoms with Gasteiger partial charge in [0.05, 0.1) is 6.04 Å². The van der Waals surface area contributed by atoms with Gasteiger partial charge in [0.25, 0.3) is 0 Å². The van der Waals surface area contributed by atoms with Crippen molar-refractivity contribution in [3.63, 3.8) is 0 Å². The van der Waals surface area contributed by atoms with Gasteiger partial charge in [-0.2, -0.15) is 0 Å². The van der Waals surface area contributed by atoms with E-state index in [0.29, 0.717) is 12.6 Å². The van der Waals surface area contributed by atoms with Crippen molar-refractivity contribution in [1.29, 1.82) is 0 Å². The van der Waals surface area contributed by atoms with Crippen LogP contribution in [0.4, 0.5) is 0 Å². The second-order valence-corrected chi connectivity index (χ2v) is 4.58. The van der Waals surface area contributed by atoms with E-state index in [2.05, 4.69) is 18.7 Å². The van der Waals surface area contributed by atoms with Crippen LogP contribution >= 0.6 is 0 Å².